The molecule has 0 saturated heterocycles. The van der Waals surface area contributed by atoms with E-state index in [1.165, 1.54) is 0 Å². The Kier molecular flexibility index (Phi) is 5.63. The molecule has 0 radical (unpaired) electrons. The van der Waals surface area contributed by atoms with Crippen molar-refractivity contribution in [3.63, 3.8) is 0 Å². The number of nitrogens with two attached hydrogens (primary N) is 1. The minimum atomic E-state index is -3.59. The standard InChI is InChI=1S/C14H23BrN2O2S/c1-5-14(6-2,7-3)17-20(18,19)13-9-11(15)8-12(16)10(13)4/h8-9,17H,5-7,16H2,1-4H3. The first-order chi connectivity index (χ1) is 9.21. The van der Waals surface area contributed by atoms with Crippen LogP contribution in [0.25, 0.3) is 0 Å². The van der Waals surface area contributed by atoms with Crippen LogP contribution >= 0.6 is 15.9 Å². The predicted octanol–water partition coefficient (Wildman–Crippen LogP) is 3.59. The van der Waals surface area contributed by atoms with Gasteiger partial charge in [-0.3, -0.25) is 0 Å². The van der Waals surface area contributed by atoms with Crippen LogP contribution in [0.1, 0.15) is 45.6 Å². The summed E-state index contributed by atoms with van der Waals surface area (Å²) in [4.78, 5) is 0.240. The second kappa shape index (κ2) is 6.45. The Morgan fingerprint density at radius 1 is 1.20 bits per heavy atom. The van der Waals surface area contributed by atoms with E-state index in [0.29, 0.717) is 15.7 Å². The van der Waals surface area contributed by atoms with Crippen LogP contribution in [0.4, 0.5) is 5.69 Å². The highest BCUT2D eigenvalue weighted by atomic mass is 79.9. The molecule has 0 unspecified atom stereocenters. The van der Waals surface area contributed by atoms with Crippen LogP contribution in [0.5, 0.6) is 0 Å². The molecular formula is C14H23BrN2O2S. The molecule has 0 heterocycles. The van der Waals surface area contributed by atoms with Crippen molar-refractivity contribution >= 4 is 31.6 Å². The Morgan fingerprint density at radius 2 is 1.70 bits per heavy atom. The molecule has 0 aliphatic carbocycles. The van der Waals surface area contributed by atoms with Gasteiger partial charge in [0.15, 0.2) is 0 Å². The van der Waals surface area contributed by atoms with Crippen LogP contribution in [-0.4, -0.2) is 14.0 Å². The van der Waals surface area contributed by atoms with Gasteiger partial charge < -0.3 is 5.73 Å². The molecule has 0 aromatic heterocycles. The van der Waals surface area contributed by atoms with Crippen LogP contribution < -0.4 is 10.5 Å². The van der Waals surface area contributed by atoms with Gasteiger partial charge in [-0.15, -0.1) is 0 Å². The SMILES string of the molecule is CCC(CC)(CC)NS(=O)(=O)c1cc(Br)cc(N)c1C. The molecule has 0 fully saturated rings. The summed E-state index contributed by atoms with van der Waals surface area (Å²) in [6.45, 7) is 7.72. The largest absolute Gasteiger partial charge is 0.398 e. The molecule has 6 heteroatoms. The highest BCUT2D eigenvalue weighted by Crippen LogP contribution is 2.29. The van der Waals surface area contributed by atoms with E-state index in [1.54, 1.807) is 19.1 Å². The van der Waals surface area contributed by atoms with E-state index in [-0.39, 0.29) is 4.90 Å². The zero-order valence-corrected chi connectivity index (χ0v) is 14.9. The fourth-order valence-electron chi connectivity index (χ4n) is 2.26. The summed E-state index contributed by atoms with van der Waals surface area (Å²) in [5.74, 6) is 0. The van der Waals surface area contributed by atoms with Crippen LogP contribution in [0.15, 0.2) is 21.5 Å². The average molecular weight is 363 g/mol. The van der Waals surface area contributed by atoms with E-state index in [0.717, 1.165) is 19.3 Å². The van der Waals surface area contributed by atoms with Gasteiger partial charge in [-0.1, -0.05) is 36.7 Å². The molecule has 0 bridgehead atoms. The zero-order valence-electron chi connectivity index (χ0n) is 12.5. The number of anilines is 1. The van der Waals surface area contributed by atoms with Gasteiger partial charge in [0.25, 0.3) is 0 Å². The average Bonchev–Trinajstić information content (AvgIpc) is 2.40. The Bertz CT molecular complexity index is 573. The summed E-state index contributed by atoms with van der Waals surface area (Å²) < 4.78 is 28.9. The normalized spacial score (nSPS) is 12.7. The molecule has 114 valence electrons. The van der Waals surface area contributed by atoms with Crippen molar-refractivity contribution in [3.8, 4) is 0 Å². The monoisotopic (exact) mass is 362 g/mol. The molecule has 1 rings (SSSR count). The van der Waals surface area contributed by atoms with Gasteiger partial charge in [-0.05, 0) is 43.9 Å². The molecule has 20 heavy (non-hydrogen) atoms. The maximum atomic E-state index is 12.7. The highest BCUT2D eigenvalue weighted by molar-refractivity contribution is 9.10. The van der Waals surface area contributed by atoms with Crippen LogP contribution in [0, 0.1) is 6.92 Å². The molecule has 0 atom stereocenters. The number of hydrogen-bond donors (Lipinski definition) is 2. The lowest BCUT2D eigenvalue weighted by Crippen LogP contribution is -2.47. The summed E-state index contributed by atoms with van der Waals surface area (Å²) in [5.41, 5.74) is 6.51. The van der Waals surface area contributed by atoms with Gasteiger partial charge in [-0.25, -0.2) is 13.1 Å². The molecule has 4 nitrogen and oxygen atoms in total. The van der Waals surface area contributed by atoms with Crippen molar-refractivity contribution in [1.82, 2.24) is 4.72 Å². The number of rotatable bonds is 6. The minimum absolute atomic E-state index is 0.240. The third-order valence-corrected chi connectivity index (χ3v) is 6.20. The topological polar surface area (TPSA) is 72.2 Å². The Labute approximate surface area is 130 Å². The molecule has 0 spiro atoms. The number of benzene rings is 1. The first-order valence-electron chi connectivity index (χ1n) is 6.81. The first kappa shape index (κ1) is 17.5. The number of hydrogen-bond acceptors (Lipinski definition) is 3. The van der Waals surface area contributed by atoms with Crippen molar-refractivity contribution in [2.45, 2.75) is 57.4 Å². The van der Waals surface area contributed by atoms with E-state index < -0.39 is 15.6 Å². The number of sulfonamides is 1. The van der Waals surface area contributed by atoms with Crippen molar-refractivity contribution in [1.29, 1.82) is 0 Å². The fraction of sp³-hybridized carbons (Fsp3) is 0.571. The number of halogens is 1. The van der Waals surface area contributed by atoms with Gasteiger partial charge >= 0.3 is 0 Å². The van der Waals surface area contributed by atoms with Gasteiger partial charge in [0, 0.05) is 15.7 Å². The van der Waals surface area contributed by atoms with Gasteiger partial charge in [0.2, 0.25) is 10.0 Å². The Hall–Kier alpha value is -0.590. The molecule has 0 aliphatic rings. The van der Waals surface area contributed by atoms with Gasteiger partial charge in [0.05, 0.1) is 4.90 Å². The van der Waals surface area contributed by atoms with Crippen molar-refractivity contribution in [2.75, 3.05) is 5.73 Å². The third kappa shape index (κ3) is 3.54. The second-order valence-electron chi connectivity index (χ2n) is 5.06. The Balaban J connectivity index is 3.31. The van der Waals surface area contributed by atoms with Gasteiger partial charge in [-0.2, -0.15) is 0 Å². The summed E-state index contributed by atoms with van der Waals surface area (Å²) in [6, 6.07) is 3.31. The van der Waals surface area contributed by atoms with Crippen molar-refractivity contribution in [2.24, 2.45) is 0 Å². The van der Waals surface area contributed by atoms with E-state index >= 15 is 0 Å². The van der Waals surface area contributed by atoms with Gasteiger partial charge in [0.1, 0.15) is 0 Å². The van der Waals surface area contributed by atoms with Crippen molar-refractivity contribution < 1.29 is 8.42 Å². The quantitative estimate of drug-likeness (QED) is 0.759. The maximum absolute atomic E-state index is 12.7. The molecule has 0 aliphatic heterocycles. The predicted molar refractivity (Wildman–Crippen MR) is 87.2 cm³/mol. The number of nitrogen functional groups attached to an aromatic ring is 1. The molecule has 3 N–H and O–H groups in total. The van der Waals surface area contributed by atoms with E-state index in [4.69, 9.17) is 5.73 Å². The summed E-state index contributed by atoms with van der Waals surface area (Å²) in [5, 5.41) is 0. The third-order valence-electron chi connectivity index (χ3n) is 4.04. The molecule has 1 aromatic carbocycles. The summed E-state index contributed by atoms with van der Waals surface area (Å²) in [7, 11) is -3.59. The van der Waals surface area contributed by atoms with Crippen LogP contribution in [0.2, 0.25) is 0 Å². The summed E-state index contributed by atoms with van der Waals surface area (Å²) >= 11 is 3.30. The lowest BCUT2D eigenvalue weighted by molar-refractivity contribution is 0.341. The van der Waals surface area contributed by atoms with E-state index in [2.05, 4.69) is 20.7 Å². The smallest absolute Gasteiger partial charge is 0.241 e. The number of nitrogens with one attached hydrogen (secondary N) is 1. The van der Waals surface area contributed by atoms with E-state index in [1.807, 2.05) is 20.8 Å². The Morgan fingerprint density at radius 3 is 2.15 bits per heavy atom. The van der Waals surface area contributed by atoms with Crippen LogP contribution in [-0.2, 0) is 10.0 Å². The molecule has 0 amide bonds. The fourth-order valence-corrected chi connectivity index (χ4v) is 4.80. The zero-order chi connectivity index (χ0) is 15.6. The minimum Gasteiger partial charge on any atom is -0.398 e. The van der Waals surface area contributed by atoms with E-state index in [9.17, 15) is 8.42 Å². The van der Waals surface area contributed by atoms with Crippen LogP contribution in [0.3, 0.4) is 0 Å². The lowest BCUT2D eigenvalue weighted by atomic mass is 9.91. The lowest BCUT2D eigenvalue weighted by Gasteiger charge is -2.31. The second-order valence-corrected chi connectivity index (χ2v) is 7.63. The molecular weight excluding hydrogens is 340 g/mol. The highest BCUT2D eigenvalue weighted by Gasteiger charge is 2.31. The molecule has 1 aromatic rings. The maximum Gasteiger partial charge on any atom is 0.241 e. The van der Waals surface area contributed by atoms with Crippen molar-refractivity contribution in [3.05, 3.63) is 22.2 Å². The summed E-state index contributed by atoms with van der Waals surface area (Å²) in [6.07, 6.45) is 2.26. The first-order valence-corrected chi connectivity index (χ1v) is 9.08. The molecule has 0 saturated carbocycles.